The average molecular weight is 197 g/mol. The number of nitrogens with one attached hydrogen (secondary N) is 1. The van der Waals surface area contributed by atoms with Crippen LogP contribution in [0.2, 0.25) is 0 Å². The predicted octanol–water partition coefficient (Wildman–Crippen LogP) is 2.35. The van der Waals surface area contributed by atoms with Gasteiger partial charge in [-0.05, 0) is 24.6 Å². The van der Waals surface area contributed by atoms with Crippen LogP contribution in [0.15, 0.2) is 18.2 Å². The van der Waals surface area contributed by atoms with Crippen LogP contribution in [0.5, 0.6) is 0 Å². The molecule has 3 nitrogen and oxygen atoms in total. The number of carboxylic acids is 1. The van der Waals surface area contributed by atoms with Crippen molar-refractivity contribution >= 4 is 11.7 Å². The Hall–Kier alpha value is -1.58. The SMILES string of the molecule is CCCNc1cc(C(=O)O)ccc1F. The molecular weight excluding hydrogens is 185 g/mol. The van der Waals surface area contributed by atoms with Gasteiger partial charge >= 0.3 is 5.97 Å². The van der Waals surface area contributed by atoms with Gasteiger partial charge in [-0.15, -0.1) is 0 Å². The predicted molar refractivity (Wildman–Crippen MR) is 52.1 cm³/mol. The first-order valence-corrected chi connectivity index (χ1v) is 4.42. The van der Waals surface area contributed by atoms with Crippen LogP contribution in [-0.2, 0) is 0 Å². The van der Waals surface area contributed by atoms with E-state index in [1.807, 2.05) is 6.92 Å². The minimum atomic E-state index is -1.05. The highest BCUT2D eigenvalue weighted by Gasteiger charge is 2.07. The minimum absolute atomic E-state index is 0.0880. The molecule has 14 heavy (non-hydrogen) atoms. The first-order valence-electron chi connectivity index (χ1n) is 4.42. The molecule has 0 bridgehead atoms. The van der Waals surface area contributed by atoms with Gasteiger partial charge in [0.25, 0.3) is 0 Å². The van der Waals surface area contributed by atoms with Crippen molar-refractivity contribution in [3.8, 4) is 0 Å². The smallest absolute Gasteiger partial charge is 0.335 e. The van der Waals surface area contributed by atoms with Crippen molar-refractivity contribution in [2.75, 3.05) is 11.9 Å². The molecular formula is C10H12FNO2. The molecule has 2 N–H and O–H groups in total. The van der Waals surface area contributed by atoms with Gasteiger partial charge in [0, 0.05) is 6.54 Å². The summed E-state index contributed by atoms with van der Waals surface area (Å²) in [6, 6.07) is 3.70. The van der Waals surface area contributed by atoms with Crippen LogP contribution >= 0.6 is 0 Å². The second kappa shape index (κ2) is 4.60. The molecule has 76 valence electrons. The molecule has 4 heteroatoms. The highest BCUT2D eigenvalue weighted by Crippen LogP contribution is 2.15. The van der Waals surface area contributed by atoms with E-state index < -0.39 is 11.8 Å². The summed E-state index contributed by atoms with van der Waals surface area (Å²) in [5, 5.41) is 11.5. The lowest BCUT2D eigenvalue weighted by atomic mass is 10.2. The van der Waals surface area contributed by atoms with Gasteiger partial charge in [0.2, 0.25) is 0 Å². The number of aromatic carboxylic acids is 1. The third kappa shape index (κ3) is 2.45. The maximum Gasteiger partial charge on any atom is 0.335 e. The van der Waals surface area contributed by atoms with Crippen molar-refractivity contribution in [2.24, 2.45) is 0 Å². The number of hydrogen-bond donors (Lipinski definition) is 2. The molecule has 0 atom stereocenters. The summed E-state index contributed by atoms with van der Waals surface area (Å²) in [6.07, 6.45) is 0.858. The van der Waals surface area contributed by atoms with Crippen LogP contribution in [0.3, 0.4) is 0 Å². The van der Waals surface area contributed by atoms with Crippen molar-refractivity contribution in [1.29, 1.82) is 0 Å². The molecule has 1 aromatic carbocycles. The largest absolute Gasteiger partial charge is 0.478 e. The number of halogens is 1. The number of anilines is 1. The number of carbonyl (C=O) groups is 1. The fourth-order valence-corrected chi connectivity index (χ4v) is 1.05. The van der Waals surface area contributed by atoms with Crippen molar-refractivity contribution in [1.82, 2.24) is 0 Å². The molecule has 0 aliphatic rings. The normalized spacial score (nSPS) is 9.86. The summed E-state index contributed by atoms with van der Waals surface area (Å²) in [5.74, 6) is -1.48. The zero-order valence-electron chi connectivity index (χ0n) is 7.88. The standard InChI is InChI=1S/C10H12FNO2/c1-2-5-12-9-6-7(10(13)14)3-4-8(9)11/h3-4,6,12H,2,5H2,1H3,(H,13,14). The van der Waals surface area contributed by atoms with Crippen molar-refractivity contribution in [2.45, 2.75) is 13.3 Å². The van der Waals surface area contributed by atoms with E-state index in [0.29, 0.717) is 6.54 Å². The van der Waals surface area contributed by atoms with E-state index in [9.17, 15) is 9.18 Å². The Labute approximate surface area is 81.6 Å². The molecule has 0 saturated carbocycles. The summed E-state index contributed by atoms with van der Waals surface area (Å²) in [7, 11) is 0. The Morgan fingerprint density at radius 1 is 1.57 bits per heavy atom. The second-order valence-electron chi connectivity index (χ2n) is 2.93. The average Bonchev–Trinajstić information content (AvgIpc) is 2.16. The first-order chi connectivity index (χ1) is 6.65. The monoisotopic (exact) mass is 197 g/mol. The molecule has 0 amide bonds. The van der Waals surface area contributed by atoms with E-state index >= 15 is 0 Å². The van der Waals surface area contributed by atoms with Gasteiger partial charge in [0.05, 0.1) is 11.3 Å². The Balaban J connectivity index is 2.90. The van der Waals surface area contributed by atoms with Crippen molar-refractivity contribution in [3.63, 3.8) is 0 Å². The molecule has 0 heterocycles. The third-order valence-corrected chi connectivity index (χ3v) is 1.78. The molecule has 0 aliphatic heterocycles. The summed E-state index contributed by atoms with van der Waals surface area (Å²) in [5.41, 5.74) is 0.330. The zero-order chi connectivity index (χ0) is 10.6. The topological polar surface area (TPSA) is 49.3 Å². The van der Waals surface area contributed by atoms with Crippen molar-refractivity contribution < 1.29 is 14.3 Å². The third-order valence-electron chi connectivity index (χ3n) is 1.78. The number of benzene rings is 1. The molecule has 0 radical (unpaired) electrons. The summed E-state index contributed by atoms with van der Waals surface area (Å²) in [6.45, 7) is 2.58. The second-order valence-corrected chi connectivity index (χ2v) is 2.93. The van der Waals surface area contributed by atoms with Crippen LogP contribution in [-0.4, -0.2) is 17.6 Å². The maximum atomic E-state index is 13.1. The van der Waals surface area contributed by atoms with E-state index in [1.54, 1.807) is 0 Å². The fourth-order valence-electron chi connectivity index (χ4n) is 1.05. The van der Waals surface area contributed by atoms with Gasteiger partial charge in [-0.25, -0.2) is 9.18 Å². The molecule has 0 unspecified atom stereocenters. The Morgan fingerprint density at radius 2 is 2.29 bits per heavy atom. The molecule has 0 fully saturated rings. The van der Waals surface area contributed by atoms with Crippen LogP contribution in [0.25, 0.3) is 0 Å². The van der Waals surface area contributed by atoms with Crippen LogP contribution < -0.4 is 5.32 Å². The van der Waals surface area contributed by atoms with E-state index in [-0.39, 0.29) is 11.3 Å². The Kier molecular flexibility index (Phi) is 3.45. The molecule has 1 rings (SSSR count). The summed E-state index contributed by atoms with van der Waals surface area (Å²) >= 11 is 0. The van der Waals surface area contributed by atoms with Gasteiger partial charge in [-0.3, -0.25) is 0 Å². The summed E-state index contributed by atoms with van der Waals surface area (Å²) in [4.78, 5) is 10.6. The number of hydrogen-bond acceptors (Lipinski definition) is 2. The highest BCUT2D eigenvalue weighted by atomic mass is 19.1. The molecule has 0 spiro atoms. The van der Waals surface area contributed by atoms with E-state index in [4.69, 9.17) is 5.11 Å². The highest BCUT2D eigenvalue weighted by molar-refractivity contribution is 5.88. The fraction of sp³-hybridized carbons (Fsp3) is 0.300. The van der Waals surface area contributed by atoms with Gasteiger partial charge in [-0.2, -0.15) is 0 Å². The Morgan fingerprint density at radius 3 is 2.86 bits per heavy atom. The molecule has 0 aliphatic carbocycles. The molecule has 1 aromatic rings. The van der Waals surface area contributed by atoms with Gasteiger partial charge < -0.3 is 10.4 Å². The first kappa shape index (κ1) is 10.5. The minimum Gasteiger partial charge on any atom is -0.478 e. The molecule has 0 saturated heterocycles. The van der Waals surface area contributed by atoms with E-state index in [2.05, 4.69) is 5.32 Å². The summed E-state index contributed by atoms with van der Waals surface area (Å²) < 4.78 is 13.1. The van der Waals surface area contributed by atoms with Gasteiger partial charge in [0.15, 0.2) is 0 Å². The lowest BCUT2D eigenvalue weighted by Gasteiger charge is -2.06. The van der Waals surface area contributed by atoms with Crippen LogP contribution in [0.4, 0.5) is 10.1 Å². The van der Waals surface area contributed by atoms with Crippen LogP contribution in [0, 0.1) is 5.82 Å². The maximum absolute atomic E-state index is 13.1. The number of rotatable bonds is 4. The van der Waals surface area contributed by atoms with Gasteiger partial charge in [0.1, 0.15) is 5.82 Å². The van der Waals surface area contributed by atoms with E-state index in [0.717, 1.165) is 12.5 Å². The molecule has 0 aromatic heterocycles. The lowest BCUT2D eigenvalue weighted by molar-refractivity contribution is 0.0697. The van der Waals surface area contributed by atoms with E-state index in [1.165, 1.54) is 12.1 Å². The lowest BCUT2D eigenvalue weighted by Crippen LogP contribution is -2.04. The number of carboxylic acid groups (broad SMARTS) is 1. The van der Waals surface area contributed by atoms with Crippen molar-refractivity contribution in [3.05, 3.63) is 29.6 Å². The van der Waals surface area contributed by atoms with Crippen LogP contribution in [0.1, 0.15) is 23.7 Å². The zero-order valence-corrected chi connectivity index (χ0v) is 7.88. The quantitative estimate of drug-likeness (QED) is 0.778. The Bertz CT molecular complexity index is 339. The van der Waals surface area contributed by atoms with Gasteiger partial charge in [-0.1, -0.05) is 6.92 Å².